The molecule has 0 atom stereocenters. The van der Waals surface area contributed by atoms with Crippen LogP contribution < -0.4 is 16.0 Å². The number of carbonyl (C=O) groups excluding carboxylic acids is 1. The van der Waals surface area contributed by atoms with E-state index < -0.39 is 0 Å². The molecule has 1 heterocycles. The number of hydrogen-bond donors (Lipinski definition) is 3. The van der Waals surface area contributed by atoms with Crippen LogP contribution in [0.1, 0.15) is 30.9 Å². The van der Waals surface area contributed by atoms with Gasteiger partial charge in [-0.2, -0.15) is 0 Å². The average molecular weight is 539 g/mol. The first-order valence-corrected chi connectivity index (χ1v) is 10.6. The summed E-state index contributed by atoms with van der Waals surface area (Å²) in [6, 6.07) is 14.4. The zero-order chi connectivity index (χ0) is 21.2. The number of guanidine groups is 1. The largest absolute Gasteiger partial charge is 0.357 e. The van der Waals surface area contributed by atoms with Gasteiger partial charge in [0.15, 0.2) is 5.96 Å². The van der Waals surface area contributed by atoms with Crippen molar-refractivity contribution in [2.45, 2.75) is 32.7 Å². The van der Waals surface area contributed by atoms with Crippen LogP contribution in [0.4, 0.5) is 14.9 Å². The molecule has 3 rings (SSSR count). The Hall–Kier alpha value is -2.36. The lowest BCUT2D eigenvalue weighted by molar-refractivity contribution is 0.222. The maximum Gasteiger partial charge on any atom is 0.321 e. The van der Waals surface area contributed by atoms with Crippen molar-refractivity contribution in [2.75, 3.05) is 31.5 Å². The van der Waals surface area contributed by atoms with Crippen molar-refractivity contribution in [3.05, 3.63) is 65.5 Å². The van der Waals surface area contributed by atoms with E-state index in [1.54, 1.807) is 12.1 Å². The zero-order valence-electron chi connectivity index (χ0n) is 17.9. The van der Waals surface area contributed by atoms with Crippen LogP contribution in [0.5, 0.6) is 0 Å². The summed E-state index contributed by atoms with van der Waals surface area (Å²) < 4.78 is 13.3. The van der Waals surface area contributed by atoms with E-state index in [-0.39, 0.29) is 35.8 Å². The summed E-state index contributed by atoms with van der Waals surface area (Å²) in [5.41, 5.74) is 2.74. The van der Waals surface area contributed by atoms with Gasteiger partial charge in [-0.25, -0.2) is 14.2 Å². The van der Waals surface area contributed by atoms with Crippen molar-refractivity contribution in [3.63, 3.8) is 0 Å². The highest BCUT2D eigenvalue weighted by Crippen LogP contribution is 2.14. The van der Waals surface area contributed by atoms with Crippen molar-refractivity contribution < 1.29 is 9.18 Å². The van der Waals surface area contributed by atoms with Gasteiger partial charge in [-0.1, -0.05) is 24.3 Å². The highest BCUT2D eigenvalue weighted by molar-refractivity contribution is 14.0. The van der Waals surface area contributed by atoms with Crippen molar-refractivity contribution >= 4 is 41.7 Å². The number of amides is 2. The van der Waals surface area contributed by atoms with E-state index >= 15 is 0 Å². The SMILES string of the molecule is CCNC(=NCc1cccc(NC(=O)N2CCCC2)c1)NCCc1cccc(F)c1.I. The van der Waals surface area contributed by atoms with Gasteiger partial charge in [0.25, 0.3) is 0 Å². The number of rotatable bonds is 7. The van der Waals surface area contributed by atoms with E-state index in [1.165, 1.54) is 6.07 Å². The smallest absolute Gasteiger partial charge is 0.321 e. The van der Waals surface area contributed by atoms with Gasteiger partial charge in [-0.15, -0.1) is 24.0 Å². The maximum atomic E-state index is 13.3. The Morgan fingerprint density at radius 2 is 1.81 bits per heavy atom. The first-order chi connectivity index (χ1) is 14.6. The zero-order valence-corrected chi connectivity index (χ0v) is 20.2. The van der Waals surface area contributed by atoms with Crippen molar-refractivity contribution in [2.24, 2.45) is 4.99 Å². The fourth-order valence-electron chi connectivity index (χ4n) is 3.40. The van der Waals surface area contributed by atoms with Crippen LogP contribution in [0.3, 0.4) is 0 Å². The second-order valence-corrected chi connectivity index (χ2v) is 7.33. The predicted octanol–water partition coefficient (Wildman–Crippen LogP) is 4.37. The van der Waals surface area contributed by atoms with Crippen molar-refractivity contribution in [3.8, 4) is 0 Å². The number of urea groups is 1. The van der Waals surface area contributed by atoms with Gasteiger partial charge in [0, 0.05) is 31.9 Å². The molecule has 8 heteroatoms. The number of likely N-dealkylation sites (tertiary alicyclic amines) is 1. The minimum atomic E-state index is -0.218. The third-order valence-electron chi connectivity index (χ3n) is 4.93. The summed E-state index contributed by atoms with van der Waals surface area (Å²) in [5.74, 6) is 0.491. The fourth-order valence-corrected chi connectivity index (χ4v) is 3.40. The van der Waals surface area contributed by atoms with Crippen LogP contribution in [0.2, 0.25) is 0 Å². The molecular weight excluding hydrogens is 508 g/mol. The molecule has 2 amide bonds. The highest BCUT2D eigenvalue weighted by atomic mass is 127. The van der Waals surface area contributed by atoms with Crippen molar-refractivity contribution in [1.29, 1.82) is 0 Å². The number of carbonyl (C=O) groups is 1. The number of halogens is 2. The minimum absolute atomic E-state index is 0. The predicted molar refractivity (Wildman–Crippen MR) is 135 cm³/mol. The van der Waals surface area contributed by atoms with Gasteiger partial charge in [0.2, 0.25) is 0 Å². The minimum Gasteiger partial charge on any atom is -0.357 e. The number of hydrogen-bond acceptors (Lipinski definition) is 2. The Balaban J connectivity index is 0.00000341. The highest BCUT2D eigenvalue weighted by Gasteiger charge is 2.17. The van der Waals surface area contributed by atoms with E-state index in [0.29, 0.717) is 25.5 Å². The molecule has 0 radical (unpaired) electrons. The summed E-state index contributed by atoms with van der Waals surface area (Å²) in [6.45, 7) is 5.55. The first-order valence-electron chi connectivity index (χ1n) is 10.6. The lowest BCUT2D eigenvalue weighted by Crippen LogP contribution is -2.38. The molecule has 31 heavy (non-hydrogen) atoms. The molecule has 0 aliphatic carbocycles. The molecule has 2 aromatic carbocycles. The van der Waals surface area contributed by atoms with Gasteiger partial charge in [0.1, 0.15) is 5.82 Å². The quantitative estimate of drug-likeness (QED) is 0.278. The Labute approximate surface area is 200 Å². The monoisotopic (exact) mass is 539 g/mol. The standard InChI is InChI=1S/C23H30FN5O.HI/c1-2-25-22(26-12-11-18-7-5-9-20(24)15-18)27-17-19-8-6-10-21(16-19)28-23(30)29-13-3-4-14-29;/h5-10,15-16H,2-4,11-14,17H2,1H3,(H,28,30)(H2,25,26,27);1H. The Morgan fingerprint density at radius 1 is 1.06 bits per heavy atom. The molecular formula is C23H31FIN5O. The number of benzene rings is 2. The lowest BCUT2D eigenvalue weighted by Gasteiger charge is -2.16. The van der Waals surface area contributed by atoms with Crippen LogP contribution in [0.15, 0.2) is 53.5 Å². The van der Waals surface area contributed by atoms with Crippen LogP contribution in [-0.2, 0) is 13.0 Å². The molecule has 1 aliphatic heterocycles. The van der Waals surface area contributed by atoms with E-state index in [2.05, 4.69) is 20.9 Å². The molecule has 6 nitrogen and oxygen atoms in total. The second kappa shape index (κ2) is 13.1. The molecule has 168 valence electrons. The normalized spacial score (nSPS) is 13.5. The van der Waals surface area contributed by atoms with Gasteiger partial charge in [-0.05, 0) is 61.6 Å². The number of anilines is 1. The molecule has 0 spiro atoms. The summed E-state index contributed by atoms with van der Waals surface area (Å²) in [5, 5.41) is 9.48. The Bertz CT molecular complexity index is 871. The molecule has 0 unspecified atom stereocenters. The van der Waals surface area contributed by atoms with Gasteiger partial charge in [-0.3, -0.25) is 0 Å². The molecule has 1 fully saturated rings. The third-order valence-corrected chi connectivity index (χ3v) is 4.93. The van der Waals surface area contributed by atoms with Gasteiger partial charge < -0.3 is 20.9 Å². The van der Waals surface area contributed by atoms with Crippen LogP contribution in [0, 0.1) is 5.82 Å². The van der Waals surface area contributed by atoms with Crippen LogP contribution >= 0.6 is 24.0 Å². The first kappa shape index (κ1) is 24.9. The van der Waals surface area contributed by atoms with E-state index in [1.807, 2.05) is 42.2 Å². The van der Waals surface area contributed by atoms with Crippen LogP contribution in [0.25, 0.3) is 0 Å². The van der Waals surface area contributed by atoms with Crippen LogP contribution in [-0.4, -0.2) is 43.1 Å². The molecule has 3 N–H and O–H groups in total. The lowest BCUT2D eigenvalue weighted by atomic mass is 10.1. The fraction of sp³-hybridized carbons (Fsp3) is 0.391. The van der Waals surface area contributed by atoms with E-state index in [4.69, 9.17) is 0 Å². The second-order valence-electron chi connectivity index (χ2n) is 7.33. The summed E-state index contributed by atoms with van der Waals surface area (Å²) in [7, 11) is 0. The molecule has 0 aromatic heterocycles. The summed E-state index contributed by atoms with van der Waals surface area (Å²) >= 11 is 0. The molecule has 2 aromatic rings. The number of nitrogens with zero attached hydrogens (tertiary/aromatic N) is 2. The van der Waals surface area contributed by atoms with E-state index in [0.717, 1.165) is 49.3 Å². The topological polar surface area (TPSA) is 68.8 Å². The van der Waals surface area contributed by atoms with Crippen molar-refractivity contribution in [1.82, 2.24) is 15.5 Å². The summed E-state index contributed by atoms with van der Waals surface area (Å²) in [6.07, 6.45) is 2.85. The number of nitrogens with one attached hydrogen (secondary N) is 3. The molecule has 1 saturated heterocycles. The Kier molecular flexibility index (Phi) is 10.6. The van der Waals surface area contributed by atoms with Gasteiger partial charge in [0.05, 0.1) is 6.54 Å². The average Bonchev–Trinajstić information content (AvgIpc) is 3.27. The third kappa shape index (κ3) is 8.35. The van der Waals surface area contributed by atoms with Gasteiger partial charge >= 0.3 is 6.03 Å². The maximum absolute atomic E-state index is 13.3. The molecule has 0 saturated carbocycles. The molecule has 1 aliphatic rings. The summed E-state index contributed by atoms with van der Waals surface area (Å²) in [4.78, 5) is 18.7. The van der Waals surface area contributed by atoms with E-state index in [9.17, 15) is 9.18 Å². The Morgan fingerprint density at radius 3 is 2.55 bits per heavy atom. The number of aliphatic imine (C=N–C) groups is 1. The molecule has 0 bridgehead atoms.